The van der Waals surface area contributed by atoms with Crippen molar-refractivity contribution in [2.45, 2.75) is 32.1 Å². The summed E-state index contributed by atoms with van der Waals surface area (Å²) in [6, 6.07) is 0.153. The number of allylic oxidation sites excluding steroid dienone is 1. The highest BCUT2D eigenvalue weighted by atomic mass is 16.4. The van der Waals surface area contributed by atoms with Gasteiger partial charge >= 0.3 is 6.01 Å². The molecule has 4 nitrogen and oxygen atoms in total. The molecule has 0 aliphatic heterocycles. The molecule has 2 N–H and O–H groups in total. The van der Waals surface area contributed by atoms with Gasteiger partial charge in [0, 0.05) is 0 Å². The van der Waals surface area contributed by atoms with Crippen molar-refractivity contribution in [3.63, 3.8) is 0 Å². The topological polar surface area (TPSA) is 64.9 Å². The highest BCUT2D eigenvalue weighted by molar-refractivity contribution is 5.39. The maximum atomic E-state index is 5.43. The molecule has 0 saturated heterocycles. The lowest BCUT2D eigenvalue weighted by molar-refractivity contribution is -0.0158. The number of nitrogens with two attached hydrogens (primary N) is 1. The molecular weight excluding hydrogens is 226 g/mol. The lowest BCUT2D eigenvalue weighted by Gasteiger charge is -2.53. The van der Waals surface area contributed by atoms with Crippen LogP contribution in [0.25, 0.3) is 6.08 Å². The van der Waals surface area contributed by atoms with Gasteiger partial charge in [-0.05, 0) is 67.8 Å². The summed E-state index contributed by atoms with van der Waals surface area (Å²) in [7, 11) is 0. The Morgan fingerprint density at radius 1 is 1.00 bits per heavy atom. The fourth-order valence-corrected chi connectivity index (χ4v) is 4.79. The Morgan fingerprint density at radius 3 is 2.22 bits per heavy atom. The number of nitrogen functional groups attached to an aromatic ring is 1. The van der Waals surface area contributed by atoms with Gasteiger partial charge in [-0.3, -0.25) is 0 Å². The Hall–Kier alpha value is -1.32. The number of rotatable bonds is 2. The monoisotopic (exact) mass is 245 g/mol. The second-order valence-electron chi connectivity index (χ2n) is 6.35. The molecule has 4 saturated carbocycles. The van der Waals surface area contributed by atoms with Crippen molar-refractivity contribution in [2.75, 3.05) is 5.73 Å². The van der Waals surface area contributed by atoms with Crippen LogP contribution in [0.4, 0.5) is 6.01 Å². The summed E-state index contributed by atoms with van der Waals surface area (Å²) in [4.78, 5) is 0. The average molecular weight is 245 g/mol. The molecule has 4 aliphatic carbocycles. The van der Waals surface area contributed by atoms with Gasteiger partial charge in [0.1, 0.15) is 0 Å². The lowest BCUT2D eigenvalue weighted by atomic mass is 9.52. The van der Waals surface area contributed by atoms with Gasteiger partial charge in [-0.25, -0.2) is 0 Å². The van der Waals surface area contributed by atoms with Crippen molar-refractivity contribution in [3.05, 3.63) is 12.0 Å². The van der Waals surface area contributed by atoms with Crippen molar-refractivity contribution < 1.29 is 4.42 Å². The lowest BCUT2D eigenvalue weighted by Crippen LogP contribution is -2.44. The normalized spacial score (nSPS) is 41.9. The largest absolute Gasteiger partial charge is 0.404 e. The Labute approximate surface area is 107 Å². The molecule has 0 amide bonds. The average Bonchev–Trinajstić information content (AvgIpc) is 2.73. The molecule has 0 aromatic carbocycles. The summed E-state index contributed by atoms with van der Waals surface area (Å²) in [5.41, 5.74) is 5.43. The minimum atomic E-state index is 0.153. The fraction of sp³-hybridized carbons (Fsp3) is 0.714. The van der Waals surface area contributed by atoms with E-state index in [9.17, 15) is 0 Å². The van der Waals surface area contributed by atoms with Gasteiger partial charge in [-0.15, -0.1) is 5.10 Å². The maximum absolute atomic E-state index is 5.43. The Balaban J connectivity index is 1.53. The van der Waals surface area contributed by atoms with Gasteiger partial charge in [-0.1, -0.05) is 11.2 Å². The van der Waals surface area contributed by atoms with E-state index in [2.05, 4.69) is 16.3 Å². The number of anilines is 1. The van der Waals surface area contributed by atoms with E-state index < -0.39 is 0 Å². The van der Waals surface area contributed by atoms with Crippen LogP contribution in [0.3, 0.4) is 0 Å². The van der Waals surface area contributed by atoms with Crippen LogP contribution < -0.4 is 5.73 Å². The first-order chi connectivity index (χ1) is 8.78. The second kappa shape index (κ2) is 3.84. The van der Waals surface area contributed by atoms with Crippen molar-refractivity contribution >= 4 is 12.1 Å². The molecule has 18 heavy (non-hydrogen) atoms. The van der Waals surface area contributed by atoms with Crippen molar-refractivity contribution in [2.24, 2.45) is 29.6 Å². The first-order valence-corrected chi connectivity index (χ1v) is 7.05. The summed E-state index contributed by atoms with van der Waals surface area (Å²) in [5.74, 6) is 5.12. The van der Waals surface area contributed by atoms with Crippen LogP contribution in [0, 0.1) is 29.6 Å². The third-order valence-electron chi connectivity index (χ3n) is 5.22. The van der Waals surface area contributed by atoms with Crippen LogP contribution in [-0.2, 0) is 0 Å². The van der Waals surface area contributed by atoms with Crippen molar-refractivity contribution in [1.29, 1.82) is 0 Å². The van der Waals surface area contributed by atoms with Crippen LogP contribution in [-0.4, -0.2) is 10.2 Å². The van der Waals surface area contributed by atoms with Gasteiger partial charge in [-0.2, -0.15) is 0 Å². The zero-order valence-electron chi connectivity index (χ0n) is 10.5. The molecular formula is C14H19N3O. The zero-order valence-corrected chi connectivity index (χ0v) is 10.5. The Kier molecular flexibility index (Phi) is 2.26. The number of aromatic nitrogens is 2. The summed E-state index contributed by atoms with van der Waals surface area (Å²) in [6.07, 6.45) is 11.5. The first kappa shape index (κ1) is 10.6. The van der Waals surface area contributed by atoms with E-state index in [-0.39, 0.29) is 6.01 Å². The molecule has 0 spiro atoms. The molecule has 1 aromatic heterocycles. The second-order valence-corrected chi connectivity index (χ2v) is 6.35. The molecule has 96 valence electrons. The summed E-state index contributed by atoms with van der Waals surface area (Å²) in [6.45, 7) is 0. The quantitative estimate of drug-likeness (QED) is 0.870. The molecule has 4 heteroatoms. The third-order valence-corrected chi connectivity index (χ3v) is 5.22. The minimum absolute atomic E-state index is 0.153. The van der Waals surface area contributed by atoms with Gasteiger partial charge in [0.15, 0.2) is 0 Å². The van der Waals surface area contributed by atoms with Gasteiger partial charge in [0.05, 0.1) is 0 Å². The van der Waals surface area contributed by atoms with Gasteiger partial charge in [0.25, 0.3) is 0 Å². The van der Waals surface area contributed by atoms with Crippen LogP contribution in [0.15, 0.2) is 10.5 Å². The predicted octanol–water partition coefficient (Wildman–Crippen LogP) is 2.74. The number of nitrogens with zero attached hydrogens (tertiary/aromatic N) is 2. The van der Waals surface area contributed by atoms with E-state index in [1.807, 2.05) is 6.08 Å². The molecule has 4 aliphatic rings. The molecule has 5 rings (SSSR count). The standard InChI is InChI=1S/C14H19N3O/c15-14-17-16-13(18-14)2-1-12-10-4-8-3-9(6-10)7-11(12)5-8/h1-2,8-12H,3-7H2,(H2,15,17)/b2-1+. The van der Waals surface area contributed by atoms with E-state index >= 15 is 0 Å². The molecule has 4 bridgehead atoms. The van der Waals surface area contributed by atoms with Crippen LogP contribution in [0.5, 0.6) is 0 Å². The molecule has 0 atom stereocenters. The third kappa shape index (κ3) is 1.66. The Bertz CT molecular complexity index is 451. The predicted molar refractivity (Wildman–Crippen MR) is 68.3 cm³/mol. The number of hydrogen-bond acceptors (Lipinski definition) is 4. The van der Waals surface area contributed by atoms with Crippen LogP contribution in [0.2, 0.25) is 0 Å². The van der Waals surface area contributed by atoms with E-state index in [0.29, 0.717) is 5.89 Å². The number of hydrogen-bond donors (Lipinski definition) is 1. The molecule has 1 aromatic rings. The van der Waals surface area contributed by atoms with E-state index in [4.69, 9.17) is 10.2 Å². The molecule has 0 unspecified atom stereocenters. The smallest absolute Gasteiger partial charge is 0.313 e. The minimum Gasteiger partial charge on any atom is -0.404 e. The highest BCUT2D eigenvalue weighted by Gasteiger charge is 2.47. The van der Waals surface area contributed by atoms with Crippen molar-refractivity contribution in [3.8, 4) is 0 Å². The van der Waals surface area contributed by atoms with Crippen molar-refractivity contribution in [1.82, 2.24) is 10.2 Å². The SMILES string of the molecule is Nc1nnc(/C=C/C2C3CC4CC(C3)CC2C4)o1. The van der Waals surface area contributed by atoms with Crippen LogP contribution >= 0.6 is 0 Å². The van der Waals surface area contributed by atoms with E-state index in [1.165, 1.54) is 32.1 Å². The molecule has 1 heterocycles. The molecule has 4 fully saturated rings. The Morgan fingerprint density at radius 2 is 1.67 bits per heavy atom. The summed E-state index contributed by atoms with van der Waals surface area (Å²) < 4.78 is 5.20. The highest BCUT2D eigenvalue weighted by Crippen LogP contribution is 2.56. The molecule has 0 radical (unpaired) electrons. The first-order valence-electron chi connectivity index (χ1n) is 7.05. The maximum Gasteiger partial charge on any atom is 0.313 e. The fourth-order valence-electron chi connectivity index (χ4n) is 4.79. The summed E-state index contributed by atoms with van der Waals surface area (Å²) in [5, 5.41) is 7.57. The van der Waals surface area contributed by atoms with E-state index in [1.54, 1.807) is 0 Å². The van der Waals surface area contributed by atoms with Gasteiger partial charge < -0.3 is 10.2 Å². The van der Waals surface area contributed by atoms with Gasteiger partial charge in [0.2, 0.25) is 5.89 Å². The zero-order chi connectivity index (χ0) is 12.1. The van der Waals surface area contributed by atoms with E-state index in [0.717, 1.165) is 29.6 Å². The summed E-state index contributed by atoms with van der Waals surface area (Å²) >= 11 is 0. The van der Waals surface area contributed by atoms with Crippen LogP contribution in [0.1, 0.15) is 38.0 Å².